The fraction of sp³-hybridized carbons (Fsp3) is 0.476. The van der Waals surface area contributed by atoms with Crippen LogP contribution in [-0.4, -0.2) is 48.9 Å². The maximum atomic E-state index is 12.8. The number of nitrogens with one attached hydrogen (secondary N) is 1. The van der Waals surface area contributed by atoms with Gasteiger partial charge in [0.25, 0.3) is 0 Å². The Bertz CT molecular complexity index is 814. The fourth-order valence-electron chi connectivity index (χ4n) is 3.72. The Morgan fingerprint density at radius 2 is 2.07 bits per heavy atom. The molecule has 0 radical (unpaired) electrons. The Kier molecular flexibility index (Phi) is 5.57. The van der Waals surface area contributed by atoms with E-state index < -0.39 is 0 Å². The van der Waals surface area contributed by atoms with Crippen molar-refractivity contribution in [3.63, 3.8) is 0 Å². The van der Waals surface area contributed by atoms with E-state index in [-0.39, 0.29) is 17.2 Å². The van der Waals surface area contributed by atoms with Crippen molar-refractivity contribution in [1.82, 2.24) is 10.2 Å². The Balaban J connectivity index is 1.41. The van der Waals surface area contributed by atoms with E-state index in [0.717, 1.165) is 44.2 Å². The molecule has 0 saturated carbocycles. The highest BCUT2D eigenvalue weighted by Gasteiger charge is 2.30. The number of hydrogen-bond donors (Lipinski definition) is 1. The van der Waals surface area contributed by atoms with Gasteiger partial charge in [0.15, 0.2) is 0 Å². The number of hydrogen-bond acceptors (Lipinski definition) is 5. The van der Waals surface area contributed by atoms with Crippen LogP contribution in [0.4, 0.5) is 0 Å². The second-order valence-corrected chi connectivity index (χ2v) is 8.52. The van der Waals surface area contributed by atoms with Crippen molar-refractivity contribution in [3.8, 4) is 0 Å². The van der Waals surface area contributed by atoms with E-state index in [1.165, 1.54) is 16.0 Å². The van der Waals surface area contributed by atoms with Gasteiger partial charge >= 0.3 is 0 Å². The average Bonchev–Trinajstić information content (AvgIpc) is 3.28. The van der Waals surface area contributed by atoms with Crippen LogP contribution in [0.15, 0.2) is 39.6 Å². The number of rotatable bonds is 5. The van der Waals surface area contributed by atoms with Crippen LogP contribution >= 0.6 is 11.8 Å². The molecule has 1 aromatic heterocycles. The van der Waals surface area contributed by atoms with Gasteiger partial charge in [-0.3, -0.25) is 9.69 Å². The van der Waals surface area contributed by atoms with Crippen LogP contribution in [0.5, 0.6) is 0 Å². The summed E-state index contributed by atoms with van der Waals surface area (Å²) < 4.78 is 11.4. The van der Waals surface area contributed by atoms with Crippen LogP contribution in [0.2, 0.25) is 0 Å². The molecule has 1 fully saturated rings. The second kappa shape index (κ2) is 8.09. The second-order valence-electron chi connectivity index (χ2n) is 7.28. The monoisotopic (exact) mass is 386 g/mol. The van der Waals surface area contributed by atoms with Gasteiger partial charge in [0.05, 0.1) is 24.5 Å². The first kappa shape index (κ1) is 18.6. The zero-order chi connectivity index (χ0) is 18.8. The number of morpholine rings is 1. The van der Waals surface area contributed by atoms with E-state index in [1.807, 2.05) is 19.1 Å². The summed E-state index contributed by atoms with van der Waals surface area (Å²) in [5.74, 6) is 1.91. The Morgan fingerprint density at radius 3 is 2.81 bits per heavy atom. The van der Waals surface area contributed by atoms with E-state index in [4.69, 9.17) is 9.15 Å². The maximum absolute atomic E-state index is 12.8. The van der Waals surface area contributed by atoms with E-state index in [9.17, 15) is 4.79 Å². The van der Waals surface area contributed by atoms with Crippen molar-refractivity contribution in [2.45, 2.75) is 36.5 Å². The number of carbonyl (C=O) groups is 1. The molecule has 27 heavy (non-hydrogen) atoms. The number of ether oxygens (including phenoxy) is 1. The number of fused-ring (bicyclic) bond motifs is 1. The first-order valence-corrected chi connectivity index (χ1v) is 10.4. The lowest BCUT2D eigenvalue weighted by atomic mass is 10.1. The molecule has 2 aliphatic heterocycles. The minimum absolute atomic E-state index is 0.0440. The van der Waals surface area contributed by atoms with Gasteiger partial charge in [-0.2, -0.15) is 0 Å². The highest BCUT2D eigenvalue weighted by atomic mass is 32.2. The highest BCUT2D eigenvalue weighted by molar-refractivity contribution is 8.01. The topological polar surface area (TPSA) is 54.7 Å². The van der Waals surface area contributed by atoms with Crippen molar-refractivity contribution in [2.24, 2.45) is 0 Å². The number of thioether (sulfide) groups is 1. The van der Waals surface area contributed by atoms with Gasteiger partial charge in [0, 0.05) is 24.5 Å². The molecule has 3 heterocycles. The Hall–Kier alpha value is -1.76. The van der Waals surface area contributed by atoms with Crippen molar-refractivity contribution < 1.29 is 13.9 Å². The molecular formula is C21H26N2O3S. The first-order valence-electron chi connectivity index (χ1n) is 9.52. The lowest BCUT2D eigenvalue weighted by molar-refractivity contribution is -0.120. The third-order valence-corrected chi connectivity index (χ3v) is 6.53. The summed E-state index contributed by atoms with van der Waals surface area (Å²) in [6, 6.07) is 10.5. The lowest BCUT2D eigenvalue weighted by Gasteiger charge is -2.33. The number of furan rings is 1. The van der Waals surface area contributed by atoms with E-state index in [1.54, 1.807) is 11.8 Å². The lowest BCUT2D eigenvalue weighted by Crippen LogP contribution is -2.45. The van der Waals surface area contributed by atoms with Crippen LogP contribution in [0.25, 0.3) is 0 Å². The average molecular weight is 387 g/mol. The summed E-state index contributed by atoms with van der Waals surface area (Å²) in [6.07, 6.45) is 0.800. The summed E-state index contributed by atoms with van der Waals surface area (Å²) in [4.78, 5) is 16.4. The zero-order valence-electron chi connectivity index (χ0n) is 15.9. The maximum Gasteiger partial charge on any atom is 0.233 e. The molecule has 2 aromatic rings. The van der Waals surface area contributed by atoms with Crippen LogP contribution in [0.1, 0.15) is 28.7 Å². The Labute approximate surface area is 164 Å². The Morgan fingerprint density at radius 1 is 1.26 bits per heavy atom. The summed E-state index contributed by atoms with van der Waals surface area (Å²) in [5.41, 5.74) is 2.51. The zero-order valence-corrected chi connectivity index (χ0v) is 16.7. The summed E-state index contributed by atoms with van der Waals surface area (Å²) in [5, 5.41) is 3.13. The molecule has 1 saturated heterocycles. The van der Waals surface area contributed by atoms with Crippen molar-refractivity contribution in [3.05, 3.63) is 53.0 Å². The van der Waals surface area contributed by atoms with Crippen molar-refractivity contribution in [2.75, 3.05) is 32.8 Å². The molecule has 2 unspecified atom stereocenters. The van der Waals surface area contributed by atoms with E-state index in [2.05, 4.69) is 35.3 Å². The van der Waals surface area contributed by atoms with Crippen LogP contribution in [-0.2, 0) is 16.0 Å². The molecule has 144 valence electrons. The van der Waals surface area contributed by atoms with Gasteiger partial charge in [0.1, 0.15) is 11.5 Å². The largest absolute Gasteiger partial charge is 0.465 e. The van der Waals surface area contributed by atoms with Gasteiger partial charge in [-0.25, -0.2) is 0 Å². The molecule has 6 heteroatoms. The predicted molar refractivity (Wildman–Crippen MR) is 106 cm³/mol. The minimum Gasteiger partial charge on any atom is -0.465 e. The van der Waals surface area contributed by atoms with Crippen LogP contribution < -0.4 is 5.32 Å². The van der Waals surface area contributed by atoms with Crippen molar-refractivity contribution in [1.29, 1.82) is 0 Å². The molecule has 4 rings (SSSR count). The van der Waals surface area contributed by atoms with E-state index >= 15 is 0 Å². The van der Waals surface area contributed by atoms with E-state index in [0.29, 0.717) is 6.54 Å². The number of benzene rings is 1. The molecular weight excluding hydrogens is 360 g/mol. The number of nitrogens with zero attached hydrogens (tertiary/aromatic N) is 1. The first-order chi connectivity index (χ1) is 13.1. The molecule has 0 aliphatic carbocycles. The minimum atomic E-state index is -0.0505. The third-order valence-electron chi connectivity index (χ3n) is 5.24. The summed E-state index contributed by atoms with van der Waals surface area (Å²) in [7, 11) is 0. The molecule has 1 amide bonds. The standard InChI is InChI=1S/C21H26N2O3S/c1-14-3-5-16-12-20(27-19(16)11-14)21(24)22-13-17(18-6-4-15(2)26-18)23-7-9-25-10-8-23/h3-6,11,17,20H,7-10,12-13H2,1-2H3,(H,22,24). The van der Waals surface area contributed by atoms with Gasteiger partial charge in [-0.05, 0) is 44.0 Å². The molecule has 5 nitrogen and oxygen atoms in total. The van der Waals surface area contributed by atoms with Gasteiger partial charge in [-0.15, -0.1) is 11.8 Å². The molecule has 0 spiro atoms. The highest BCUT2D eigenvalue weighted by Crippen LogP contribution is 2.37. The number of amides is 1. The summed E-state index contributed by atoms with van der Waals surface area (Å²) in [6.45, 7) is 7.73. The van der Waals surface area contributed by atoms with Gasteiger partial charge < -0.3 is 14.5 Å². The quantitative estimate of drug-likeness (QED) is 0.856. The smallest absolute Gasteiger partial charge is 0.233 e. The third kappa shape index (κ3) is 4.23. The SMILES string of the molecule is Cc1ccc2c(c1)SC(C(=O)NCC(c1ccc(C)o1)N1CCOCC1)C2. The number of carbonyl (C=O) groups excluding carboxylic acids is 1. The van der Waals surface area contributed by atoms with Crippen LogP contribution in [0.3, 0.4) is 0 Å². The molecule has 2 atom stereocenters. The molecule has 0 bridgehead atoms. The number of aryl methyl sites for hydroxylation is 2. The van der Waals surface area contributed by atoms with Crippen LogP contribution in [0, 0.1) is 13.8 Å². The summed E-state index contributed by atoms with van der Waals surface area (Å²) >= 11 is 1.68. The van der Waals surface area contributed by atoms with Gasteiger partial charge in [0.2, 0.25) is 5.91 Å². The predicted octanol–water partition coefficient (Wildman–Crippen LogP) is 3.10. The molecule has 1 aromatic carbocycles. The fourth-order valence-corrected chi connectivity index (χ4v) is 5.04. The van der Waals surface area contributed by atoms with Gasteiger partial charge in [-0.1, -0.05) is 17.7 Å². The van der Waals surface area contributed by atoms with Crippen molar-refractivity contribution >= 4 is 17.7 Å². The normalized spacial score (nSPS) is 21.0. The molecule has 2 aliphatic rings. The molecule has 1 N–H and O–H groups in total.